The van der Waals surface area contributed by atoms with Crippen LogP contribution in [0.2, 0.25) is 0 Å². The summed E-state index contributed by atoms with van der Waals surface area (Å²) in [5.41, 5.74) is 5.08. The summed E-state index contributed by atoms with van der Waals surface area (Å²) in [4.78, 5) is 4.35. The molecule has 0 aliphatic carbocycles. The minimum atomic E-state index is -0.436. The lowest BCUT2D eigenvalue weighted by atomic mass is 9.86. The van der Waals surface area contributed by atoms with Crippen LogP contribution in [-0.2, 0) is 18.4 Å². The molecule has 0 bridgehead atoms. The second kappa shape index (κ2) is 9.56. The van der Waals surface area contributed by atoms with Crippen LogP contribution in [0.1, 0.15) is 49.8 Å². The average molecular weight is 432 g/mol. The van der Waals surface area contributed by atoms with E-state index in [0.717, 1.165) is 60.3 Å². The van der Waals surface area contributed by atoms with Crippen molar-refractivity contribution in [2.45, 2.75) is 51.6 Å². The van der Waals surface area contributed by atoms with Crippen molar-refractivity contribution < 1.29 is 13.9 Å². The fourth-order valence-corrected chi connectivity index (χ4v) is 4.33. The van der Waals surface area contributed by atoms with Gasteiger partial charge in [0, 0.05) is 23.5 Å². The lowest BCUT2D eigenvalue weighted by Crippen LogP contribution is -2.29. The molecule has 3 nitrogen and oxygen atoms in total. The number of pyridine rings is 1. The van der Waals surface area contributed by atoms with Gasteiger partial charge in [0.05, 0.1) is 5.56 Å². The zero-order valence-electron chi connectivity index (χ0n) is 18.9. The third kappa shape index (κ3) is 4.85. The van der Waals surface area contributed by atoms with Gasteiger partial charge >= 0.3 is 0 Å². The number of halogens is 1. The molecular weight excluding hydrogens is 401 g/mol. The van der Waals surface area contributed by atoms with Gasteiger partial charge in [-0.05, 0) is 81.0 Å². The summed E-state index contributed by atoms with van der Waals surface area (Å²) in [6.07, 6.45) is 10.6. The maximum atomic E-state index is 13.0. The van der Waals surface area contributed by atoms with Crippen LogP contribution in [0.3, 0.4) is 0 Å². The molecule has 4 heteroatoms. The summed E-state index contributed by atoms with van der Waals surface area (Å²) in [6.45, 7) is 8.39. The van der Waals surface area contributed by atoms with Gasteiger partial charge < -0.3 is 9.47 Å². The van der Waals surface area contributed by atoms with Crippen LogP contribution in [0.5, 0.6) is 11.5 Å². The first-order valence-corrected chi connectivity index (χ1v) is 11.3. The van der Waals surface area contributed by atoms with Gasteiger partial charge in [-0.1, -0.05) is 31.2 Å². The van der Waals surface area contributed by atoms with E-state index in [2.05, 4.69) is 37.5 Å². The van der Waals surface area contributed by atoms with Crippen molar-refractivity contribution in [1.82, 2.24) is 4.98 Å². The fraction of sp³-hybridized carbons (Fsp3) is 0.321. The number of nitrogens with zero attached hydrogens (tertiary/aromatic N) is 1. The summed E-state index contributed by atoms with van der Waals surface area (Å²) < 4.78 is 25.5. The molecule has 0 amide bonds. The molecule has 1 aliphatic rings. The van der Waals surface area contributed by atoms with Gasteiger partial charge in [-0.25, -0.2) is 4.39 Å². The summed E-state index contributed by atoms with van der Waals surface area (Å²) in [5, 5.41) is 0. The number of hydrogen-bond acceptors (Lipinski definition) is 3. The van der Waals surface area contributed by atoms with Crippen LogP contribution in [0.25, 0.3) is 11.1 Å². The van der Waals surface area contributed by atoms with Gasteiger partial charge in [-0.2, -0.15) is 0 Å². The molecule has 0 N–H and O–H groups in total. The molecule has 1 aliphatic heterocycles. The molecule has 0 atom stereocenters. The second-order valence-electron chi connectivity index (χ2n) is 8.79. The maximum Gasteiger partial charge on any atom is 0.132 e. The van der Waals surface area contributed by atoms with Crippen LogP contribution < -0.4 is 9.47 Å². The maximum absolute atomic E-state index is 13.0. The van der Waals surface area contributed by atoms with Gasteiger partial charge in [0.1, 0.15) is 29.5 Å². The van der Waals surface area contributed by atoms with Crippen LogP contribution in [0.4, 0.5) is 4.39 Å². The van der Waals surface area contributed by atoms with E-state index in [9.17, 15) is 4.39 Å². The molecule has 166 valence electrons. The van der Waals surface area contributed by atoms with E-state index in [0.29, 0.717) is 6.61 Å². The number of rotatable bonds is 9. The highest BCUT2D eigenvalue weighted by atomic mass is 19.1. The van der Waals surface area contributed by atoms with Crippen LogP contribution in [-0.4, -0.2) is 11.6 Å². The first-order valence-electron chi connectivity index (χ1n) is 11.3. The fourth-order valence-electron chi connectivity index (χ4n) is 4.33. The monoisotopic (exact) mass is 431 g/mol. The third-order valence-electron chi connectivity index (χ3n) is 5.93. The predicted molar refractivity (Wildman–Crippen MR) is 127 cm³/mol. The summed E-state index contributed by atoms with van der Waals surface area (Å²) >= 11 is 0. The SMILES string of the molecule is C=CCOc1cc(CCCCCc2ccc(F)cc2)cc2c1-c1cnccc1C(C)(C)O2. The van der Waals surface area contributed by atoms with E-state index in [4.69, 9.17) is 9.47 Å². The van der Waals surface area contributed by atoms with Crippen molar-refractivity contribution in [1.29, 1.82) is 0 Å². The number of unbranched alkanes of at least 4 members (excludes halogenated alkanes) is 2. The number of hydrogen-bond donors (Lipinski definition) is 0. The van der Waals surface area contributed by atoms with Gasteiger partial charge in [0.15, 0.2) is 0 Å². The third-order valence-corrected chi connectivity index (χ3v) is 5.93. The standard InChI is InChI=1S/C28H30FNO2/c1-4-16-31-25-17-21(9-7-5-6-8-20-10-12-22(29)13-11-20)18-26-27(25)23-19-30-15-14-24(23)28(2,3)32-26/h4,10-15,17-19H,1,5-9,16H2,2-3H3. The van der Waals surface area contributed by atoms with Gasteiger partial charge in [-0.3, -0.25) is 4.98 Å². The van der Waals surface area contributed by atoms with Crippen molar-refractivity contribution in [3.63, 3.8) is 0 Å². The van der Waals surface area contributed by atoms with Crippen molar-refractivity contribution in [2.75, 3.05) is 6.61 Å². The number of fused-ring (bicyclic) bond motifs is 3. The van der Waals surface area contributed by atoms with Gasteiger partial charge in [0.25, 0.3) is 0 Å². The van der Waals surface area contributed by atoms with Crippen molar-refractivity contribution in [3.8, 4) is 22.6 Å². The molecule has 0 unspecified atom stereocenters. The summed E-state index contributed by atoms with van der Waals surface area (Å²) in [6, 6.07) is 13.1. The highest BCUT2D eigenvalue weighted by Crippen LogP contribution is 2.49. The summed E-state index contributed by atoms with van der Waals surface area (Å²) in [7, 11) is 0. The molecule has 1 aromatic heterocycles. The Hall–Kier alpha value is -3.14. The first kappa shape index (κ1) is 22.1. The van der Waals surface area contributed by atoms with E-state index >= 15 is 0 Å². The average Bonchev–Trinajstić information content (AvgIpc) is 2.78. The molecular formula is C28H30FNO2. The molecule has 2 heterocycles. The normalized spacial score (nSPS) is 13.6. The Balaban J connectivity index is 1.49. The molecule has 0 saturated heterocycles. The van der Waals surface area contributed by atoms with Crippen molar-refractivity contribution >= 4 is 0 Å². The minimum Gasteiger partial charge on any atom is -0.489 e. The quantitative estimate of drug-likeness (QED) is 0.269. The van der Waals surface area contributed by atoms with E-state index in [-0.39, 0.29) is 5.82 Å². The molecule has 0 fully saturated rings. The smallest absolute Gasteiger partial charge is 0.132 e. The molecule has 0 radical (unpaired) electrons. The number of benzene rings is 2. The molecule has 32 heavy (non-hydrogen) atoms. The highest BCUT2D eigenvalue weighted by molar-refractivity contribution is 5.81. The van der Waals surface area contributed by atoms with Crippen LogP contribution in [0.15, 0.2) is 67.5 Å². The second-order valence-corrected chi connectivity index (χ2v) is 8.79. The largest absolute Gasteiger partial charge is 0.489 e. The number of ether oxygens (including phenoxy) is 2. The number of aromatic nitrogens is 1. The predicted octanol–water partition coefficient (Wildman–Crippen LogP) is 7.04. The Morgan fingerprint density at radius 2 is 1.78 bits per heavy atom. The molecule has 3 aromatic rings. The van der Waals surface area contributed by atoms with E-state index < -0.39 is 5.60 Å². The Morgan fingerprint density at radius 1 is 1.03 bits per heavy atom. The van der Waals surface area contributed by atoms with Gasteiger partial charge in [-0.15, -0.1) is 0 Å². The molecule has 0 saturated carbocycles. The Kier molecular flexibility index (Phi) is 6.59. The molecule has 2 aromatic carbocycles. The van der Waals surface area contributed by atoms with Crippen LogP contribution >= 0.6 is 0 Å². The lowest BCUT2D eigenvalue weighted by molar-refractivity contribution is 0.105. The lowest BCUT2D eigenvalue weighted by Gasteiger charge is -2.35. The van der Waals surface area contributed by atoms with E-state index in [1.54, 1.807) is 12.3 Å². The van der Waals surface area contributed by atoms with Crippen LogP contribution in [0, 0.1) is 5.82 Å². The minimum absolute atomic E-state index is 0.181. The van der Waals surface area contributed by atoms with Gasteiger partial charge in [0.2, 0.25) is 0 Å². The Morgan fingerprint density at radius 3 is 2.53 bits per heavy atom. The molecule has 4 rings (SSSR count). The van der Waals surface area contributed by atoms with Crippen molar-refractivity contribution in [2.24, 2.45) is 0 Å². The Bertz CT molecular complexity index is 1090. The number of aryl methyl sites for hydroxylation is 2. The Labute approximate surface area is 189 Å². The highest BCUT2D eigenvalue weighted by Gasteiger charge is 2.34. The summed E-state index contributed by atoms with van der Waals surface area (Å²) in [5.74, 6) is 1.48. The first-order chi connectivity index (χ1) is 15.5. The zero-order chi connectivity index (χ0) is 22.6. The zero-order valence-corrected chi connectivity index (χ0v) is 18.9. The van der Waals surface area contributed by atoms with E-state index in [1.165, 1.54) is 23.3 Å². The topological polar surface area (TPSA) is 31.4 Å². The van der Waals surface area contributed by atoms with E-state index in [1.807, 2.05) is 24.4 Å². The molecule has 0 spiro atoms. The van der Waals surface area contributed by atoms with Crippen molar-refractivity contribution in [3.05, 3.63) is 90.0 Å².